The molecule has 1 aromatic carbocycles. The van der Waals surface area contributed by atoms with Crippen LogP contribution in [0.2, 0.25) is 0 Å². The molecule has 0 radical (unpaired) electrons. The molecule has 2 rings (SSSR count). The minimum atomic E-state index is 0.441. The topological polar surface area (TPSA) is 36.9 Å². The van der Waals surface area contributed by atoms with Crippen molar-refractivity contribution < 1.29 is 4.42 Å². The van der Waals surface area contributed by atoms with E-state index in [4.69, 9.17) is 9.68 Å². The fourth-order valence-corrected chi connectivity index (χ4v) is 1.30. The highest BCUT2D eigenvalue weighted by Crippen LogP contribution is 2.19. The van der Waals surface area contributed by atoms with Crippen molar-refractivity contribution in [2.24, 2.45) is 0 Å². The van der Waals surface area contributed by atoms with Gasteiger partial charge in [0.25, 0.3) is 0 Å². The Morgan fingerprint density at radius 1 is 1.33 bits per heavy atom. The molecule has 58 valence electrons. The van der Waals surface area contributed by atoms with Crippen LogP contribution < -0.4 is 0 Å². The second kappa shape index (κ2) is 2.71. The summed E-state index contributed by atoms with van der Waals surface area (Å²) in [5.41, 5.74) is 1.88. The van der Waals surface area contributed by atoms with Gasteiger partial charge in [0, 0.05) is 5.39 Å². The van der Waals surface area contributed by atoms with Crippen LogP contribution in [-0.2, 0) is 6.42 Å². The highest BCUT2D eigenvalue weighted by Gasteiger charge is 2.00. The van der Waals surface area contributed by atoms with Crippen LogP contribution in [0.3, 0.4) is 0 Å². The maximum Gasteiger partial charge on any atom is 0.134 e. The molecule has 12 heavy (non-hydrogen) atoms. The average molecular weight is 157 g/mol. The van der Waals surface area contributed by atoms with E-state index in [1.165, 1.54) is 0 Å². The molecule has 0 aliphatic rings. The van der Waals surface area contributed by atoms with Crippen LogP contribution in [0.15, 0.2) is 34.9 Å². The summed E-state index contributed by atoms with van der Waals surface area (Å²) < 4.78 is 5.20. The van der Waals surface area contributed by atoms with Gasteiger partial charge in [-0.05, 0) is 17.7 Å². The molecule has 0 aliphatic carbocycles. The smallest absolute Gasteiger partial charge is 0.134 e. The van der Waals surface area contributed by atoms with Gasteiger partial charge >= 0.3 is 0 Å². The number of hydrogen-bond acceptors (Lipinski definition) is 2. The summed E-state index contributed by atoms with van der Waals surface area (Å²) in [7, 11) is 0. The quantitative estimate of drug-likeness (QED) is 0.637. The maximum absolute atomic E-state index is 8.54. The number of hydrogen-bond donors (Lipinski definition) is 0. The number of fused-ring (bicyclic) bond motifs is 1. The van der Waals surface area contributed by atoms with Crippen LogP contribution in [0.25, 0.3) is 11.0 Å². The Morgan fingerprint density at radius 2 is 2.25 bits per heavy atom. The Labute approximate surface area is 70.0 Å². The zero-order valence-corrected chi connectivity index (χ0v) is 6.45. The Kier molecular flexibility index (Phi) is 1.56. The Hall–Kier alpha value is -1.75. The molecule has 0 amide bonds. The van der Waals surface area contributed by atoms with Crippen molar-refractivity contribution in [3.05, 3.63) is 36.1 Å². The maximum atomic E-state index is 8.54. The predicted octanol–water partition coefficient (Wildman–Crippen LogP) is 2.50. The minimum Gasteiger partial charge on any atom is -0.464 e. The number of benzene rings is 1. The molecule has 0 fully saturated rings. The largest absolute Gasteiger partial charge is 0.464 e. The van der Waals surface area contributed by atoms with Crippen LogP contribution in [0.4, 0.5) is 0 Å². The van der Waals surface area contributed by atoms with E-state index in [-0.39, 0.29) is 0 Å². The van der Waals surface area contributed by atoms with Crippen molar-refractivity contribution in [2.45, 2.75) is 6.42 Å². The van der Waals surface area contributed by atoms with Gasteiger partial charge in [0.15, 0.2) is 0 Å². The van der Waals surface area contributed by atoms with E-state index >= 15 is 0 Å². The standard InChI is InChI=1S/C10H7NO/c11-6-4-8-2-1-3-10-9(8)5-7-12-10/h1-3,5,7H,4H2. The van der Waals surface area contributed by atoms with E-state index in [1.807, 2.05) is 24.3 Å². The second-order valence-electron chi connectivity index (χ2n) is 2.58. The van der Waals surface area contributed by atoms with Gasteiger partial charge in [0.05, 0.1) is 18.8 Å². The van der Waals surface area contributed by atoms with Crippen molar-refractivity contribution in [3.8, 4) is 6.07 Å². The first-order valence-corrected chi connectivity index (χ1v) is 3.74. The van der Waals surface area contributed by atoms with Gasteiger partial charge in [-0.1, -0.05) is 12.1 Å². The molecule has 2 aromatic rings. The third kappa shape index (κ3) is 0.960. The first-order chi connectivity index (χ1) is 5.92. The predicted molar refractivity (Wildman–Crippen MR) is 45.5 cm³/mol. The molecule has 0 unspecified atom stereocenters. The molecule has 0 aliphatic heterocycles. The second-order valence-corrected chi connectivity index (χ2v) is 2.58. The number of nitrogens with zero attached hydrogens (tertiary/aromatic N) is 1. The van der Waals surface area contributed by atoms with Gasteiger partial charge in [-0.15, -0.1) is 0 Å². The van der Waals surface area contributed by atoms with Crippen LogP contribution in [-0.4, -0.2) is 0 Å². The minimum absolute atomic E-state index is 0.441. The van der Waals surface area contributed by atoms with E-state index < -0.39 is 0 Å². The fraction of sp³-hybridized carbons (Fsp3) is 0.100. The van der Waals surface area contributed by atoms with E-state index in [9.17, 15) is 0 Å². The highest BCUT2D eigenvalue weighted by atomic mass is 16.3. The van der Waals surface area contributed by atoms with Crippen LogP contribution in [0.1, 0.15) is 5.56 Å². The number of furan rings is 1. The van der Waals surface area contributed by atoms with E-state index in [0.29, 0.717) is 6.42 Å². The Balaban J connectivity index is 2.67. The zero-order valence-electron chi connectivity index (χ0n) is 6.45. The van der Waals surface area contributed by atoms with Gasteiger partial charge in [0.2, 0.25) is 0 Å². The summed E-state index contributed by atoms with van der Waals surface area (Å²) in [6.45, 7) is 0. The molecule has 0 spiro atoms. The molecule has 1 aromatic heterocycles. The number of nitriles is 1. The molecule has 2 heteroatoms. The monoisotopic (exact) mass is 157 g/mol. The average Bonchev–Trinajstić information content (AvgIpc) is 2.53. The third-order valence-corrected chi connectivity index (χ3v) is 1.86. The van der Waals surface area contributed by atoms with Gasteiger partial charge in [-0.3, -0.25) is 0 Å². The molecule has 0 saturated carbocycles. The number of rotatable bonds is 1. The lowest BCUT2D eigenvalue weighted by molar-refractivity contribution is 0.616. The Bertz CT molecular complexity index is 436. The summed E-state index contributed by atoms with van der Waals surface area (Å²) in [6, 6.07) is 9.76. The van der Waals surface area contributed by atoms with Crippen LogP contribution in [0, 0.1) is 11.3 Å². The lowest BCUT2D eigenvalue weighted by atomic mass is 10.1. The third-order valence-electron chi connectivity index (χ3n) is 1.86. The van der Waals surface area contributed by atoms with Crippen molar-refractivity contribution >= 4 is 11.0 Å². The molecule has 0 atom stereocenters. The summed E-state index contributed by atoms with van der Waals surface area (Å²) >= 11 is 0. The SMILES string of the molecule is N#CCc1cccc2occc12. The molecule has 1 heterocycles. The lowest BCUT2D eigenvalue weighted by Gasteiger charge is -1.94. The first kappa shape index (κ1) is 6.93. The van der Waals surface area contributed by atoms with Gasteiger partial charge in [-0.2, -0.15) is 5.26 Å². The van der Waals surface area contributed by atoms with Crippen molar-refractivity contribution in [2.75, 3.05) is 0 Å². The van der Waals surface area contributed by atoms with Gasteiger partial charge < -0.3 is 4.42 Å². The van der Waals surface area contributed by atoms with Crippen LogP contribution >= 0.6 is 0 Å². The molecule has 0 N–H and O–H groups in total. The highest BCUT2D eigenvalue weighted by molar-refractivity contribution is 5.81. The van der Waals surface area contributed by atoms with Crippen molar-refractivity contribution in [3.63, 3.8) is 0 Å². The summed E-state index contributed by atoms with van der Waals surface area (Å²) in [4.78, 5) is 0. The van der Waals surface area contributed by atoms with Crippen molar-refractivity contribution in [1.29, 1.82) is 5.26 Å². The van der Waals surface area contributed by atoms with Crippen molar-refractivity contribution in [1.82, 2.24) is 0 Å². The Morgan fingerprint density at radius 3 is 3.08 bits per heavy atom. The molecule has 2 nitrogen and oxygen atoms in total. The van der Waals surface area contributed by atoms with Gasteiger partial charge in [0.1, 0.15) is 5.58 Å². The summed E-state index contributed by atoms with van der Waals surface area (Å²) in [6.07, 6.45) is 2.09. The summed E-state index contributed by atoms with van der Waals surface area (Å²) in [5, 5.41) is 9.58. The van der Waals surface area contributed by atoms with E-state index in [2.05, 4.69) is 6.07 Å². The molecule has 0 bridgehead atoms. The summed E-state index contributed by atoms with van der Waals surface area (Å²) in [5.74, 6) is 0. The van der Waals surface area contributed by atoms with E-state index in [0.717, 1.165) is 16.5 Å². The van der Waals surface area contributed by atoms with Gasteiger partial charge in [-0.25, -0.2) is 0 Å². The molecular formula is C10H7NO. The molecular weight excluding hydrogens is 150 g/mol. The lowest BCUT2D eigenvalue weighted by Crippen LogP contribution is -1.80. The normalized spacial score (nSPS) is 9.92. The fourth-order valence-electron chi connectivity index (χ4n) is 1.30. The molecule has 0 saturated heterocycles. The zero-order chi connectivity index (χ0) is 8.39. The first-order valence-electron chi connectivity index (χ1n) is 3.74. The van der Waals surface area contributed by atoms with Crippen LogP contribution in [0.5, 0.6) is 0 Å². The van der Waals surface area contributed by atoms with E-state index in [1.54, 1.807) is 6.26 Å².